The highest BCUT2D eigenvalue weighted by Gasteiger charge is 2.49. The first kappa shape index (κ1) is 25.8. The molecule has 1 unspecified atom stereocenters. The highest BCUT2D eigenvalue weighted by Crippen LogP contribution is 2.46. The number of fused-ring (bicyclic) bond motifs is 7. The van der Waals surface area contributed by atoms with Crippen LogP contribution in [-0.2, 0) is 22.4 Å². The van der Waals surface area contributed by atoms with Gasteiger partial charge in [-0.05, 0) is 53.3 Å². The molecule has 3 N–H and O–H groups in total. The lowest BCUT2D eigenvalue weighted by Crippen LogP contribution is -2.57. The van der Waals surface area contributed by atoms with E-state index in [2.05, 4.69) is 15.6 Å². The fourth-order valence-corrected chi connectivity index (χ4v) is 6.05. The largest absolute Gasteiger partial charge is 0.356 e. The summed E-state index contributed by atoms with van der Waals surface area (Å²) < 4.78 is 13.5. The summed E-state index contributed by atoms with van der Waals surface area (Å²) in [4.78, 5) is 45.9. The number of para-hydroxylation sites is 1. The van der Waals surface area contributed by atoms with Gasteiger partial charge in [0.2, 0.25) is 11.8 Å². The third-order valence-electron chi connectivity index (χ3n) is 8.00. The Hall–Kier alpha value is -4.46. The van der Waals surface area contributed by atoms with Crippen molar-refractivity contribution in [1.82, 2.24) is 20.5 Å². The van der Waals surface area contributed by atoms with Crippen molar-refractivity contribution in [2.24, 2.45) is 5.92 Å². The molecule has 4 aromatic rings. The van der Waals surface area contributed by atoms with Gasteiger partial charge in [0.1, 0.15) is 17.9 Å². The average molecular weight is 539 g/mol. The third kappa shape index (κ3) is 4.43. The zero-order chi connectivity index (χ0) is 28.0. The minimum atomic E-state index is -0.789. The van der Waals surface area contributed by atoms with Crippen molar-refractivity contribution in [1.29, 1.82) is 0 Å². The van der Waals surface area contributed by atoms with Gasteiger partial charge in [-0.15, -0.1) is 0 Å². The number of hydrogen-bond acceptors (Lipinski definition) is 3. The number of aromatic nitrogens is 1. The zero-order valence-corrected chi connectivity index (χ0v) is 22.4. The quantitative estimate of drug-likeness (QED) is 0.328. The van der Waals surface area contributed by atoms with Gasteiger partial charge in [0.15, 0.2) is 0 Å². The van der Waals surface area contributed by atoms with Crippen molar-refractivity contribution >= 4 is 28.6 Å². The van der Waals surface area contributed by atoms with Gasteiger partial charge in [-0.2, -0.15) is 0 Å². The van der Waals surface area contributed by atoms with Crippen LogP contribution < -0.4 is 10.6 Å². The summed E-state index contributed by atoms with van der Waals surface area (Å²) >= 11 is 0. The normalized spacial score (nSPS) is 18.3. The van der Waals surface area contributed by atoms with E-state index in [4.69, 9.17) is 0 Å². The van der Waals surface area contributed by atoms with E-state index in [1.165, 1.54) is 12.1 Å². The van der Waals surface area contributed by atoms with E-state index in [9.17, 15) is 18.8 Å². The van der Waals surface area contributed by atoms with Gasteiger partial charge in [0.05, 0.1) is 6.04 Å². The van der Waals surface area contributed by atoms with Gasteiger partial charge >= 0.3 is 0 Å². The molecule has 3 atom stereocenters. The number of rotatable bonds is 7. The van der Waals surface area contributed by atoms with E-state index in [1.807, 2.05) is 56.3 Å². The maximum absolute atomic E-state index is 13.9. The van der Waals surface area contributed by atoms with Crippen LogP contribution in [0.2, 0.25) is 0 Å². The molecule has 0 bridgehead atoms. The highest BCUT2D eigenvalue weighted by atomic mass is 19.1. The molecule has 0 saturated carbocycles. The van der Waals surface area contributed by atoms with Crippen molar-refractivity contribution in [2.75, 3.05) is 6.54 Å². The first-order valence-electron chi connectivity index (χ1n) is 13.7. The van der Waals surface area contributed by atoms with Gasteiger partial charge < -0.3 is 20.5 Å². The summed E-state index contributed by atoms with van der Waals surface area (Å²) in [7, 11) is 0. The highest BCUT2D eigenvalue weighted by molar-refractivity contribution is 6.04. The summed E-state index contributed by atoms with van der Waals surface area (Å²) in [6, 6.07) is 19.7. The molecule has 8 heteroatoms. The van der Waals surface area contributed by atoms with Crippen LogP contribution in [0.25, 0.3) is 10.9 Å². The summed E-state index contributed by atoms with van der Waals surface area (Å²) in [6.07, 6.45) is 0.809. The molecule has 3 heterocycles. The van der Waals surface area contributed by atoms with E-state index in [-0.39, 0.29) is 29.5 Å². The van der Waals surface area contributed by atoms with Crippen molar-refractivity contribution in [3.05, 3.63) is 107 Å². The number of carbonyl (C=O) groups is 3. The van der Waals surface area contributed by atoms with Crippen molar-refractivity contribution in [2.45, 2.75) is 44.8 Å². The molecule has 7 nitrogen and oxygen atoms in total. The van der Waals surface area contributed by atoms with E-state index in [0.29, 0.717) is 24.9 Å². The Morgan fingerprint density at radius 3 is 2.62 bits per heavy atom. The van der Waals surface area contributed by atoms with Crippen molar-refractivity contribution in [3.8, 4) is 0 Å². The lowest BCUT2D eigenvalue weighted by atomic mass is 9.89. The molecule has 0 spiro atoms. The van der Waals surface area contributed by atoms with E-state index >= 15 is 0 Å². The Labute approximate surface area is 231 Å². The van der Waals surface area contributed by atoms with Gasteiger partial charge in [-0.1, -0.05) is 62.4 Å². The Morgan fingerprint density at radius 1 is 1.05 bits per heavy atom. The Bertz CT molecular complexity index is 1630. The molecule has 3 aromatic carbocycles. The number of halogens is 1. The average Bonchev–Trinajstić information content (AvgIpc) is 3.46. The van der Waals surface area contributed by atoms with Crippen LogP contribution in [0.4, 0.5) is 4.39 Å². The number of nitrogens with one attached hydrogen (secondary N) is 3. The first-order chi connectivity index (χ1) is 19.3. The number of nitrogens with zero attached hydrogens (tertiary/aromatic N) is 1. The molecule has 0 aliphatic carbocycles. The molecule has 0 radical (unpaired) electrons. The number of benzene rings is 3. The number of amides is 3. The zero-order valence-electron chi connectivity index (χ0n) is 22.4. The van der Waals surface area contributed by atoms with Crippen LogP contribution in [0.1, 0.15) is 52.6 Å². The second-order valence-corrected chi connectivity index (χ2v) is 10.9. The Morgan fingerprint density at radius 2 is 1.82 bits per heavy atom. The Kier molecular flexibility index (Phi) is 6.62. The maximum atomic E-state index is 13.9. The van der Waals surface area contributed by atoms with E-state index < -0.39 is 18.1 Å². The van der Waals surface area contributed by atoms with Gasteiger partial charge in [0.25, 0.3) is 5.91 Å². The number of carbonyl (C=O) groups excluding carboxylic acids is 3. The molecular formula is C32H31FN4O3. The van der Waals surface area contributed by atoms with Gasteiger partial charge in [-0.25, -0.2) is 4.39 Å². The van der Waals surface area contributed by atoms with Crippen molar-refractivity contribution in [3.63, 3.8) is 0 Å². The number of hydrogen-bond donors (Lipinski definition) is 3. The number of H-pyrrole nitrogens is 1. The molecule has 0 saturated heterocycles. The summed E-state index contributed by atoms with van der Waals surface area (Å²) in [5.41, 5.74) is 5.14. The monoisotopic (exact) mass is 538 g/mol. The molecule has 204 valence electrons. The molecule has 3 amide bonds. The lowest BCUT2D eigenvalue weighted by Gasteiger charge is -2.38. The fourth-order valence-electron chi connectivity index (χ4n) is 6.05. The standard InChI is InChI=1S/C32H31FN4O3/c1-18(2)27(31(39)34-15-14-19-8-7-9-20(33)16-19)36-30(38)26-17-24-21-10-5-6-13-25(21)35-28(24)29-22-11-3-4-12-23(22)32(40)37(26)29/h3-13,16,18,26-27,29,35H,14-15,17H2,1-2H3,(H,34,39)(H,36,38)/t26-,27-,29?/m0/s1. The molecule has 0 fully saturated rings. The second kappa shape index (κ2) is 10.3. The fraction of sp³-hybridized carbons (Fsp3) is 0.281. The van der Waals surface area contributed by atoms with Crippen LogP contribution in [0.5, 0.6) is 0 Å². The van der Waals surface area contributed by atoms with Gasteiger partial charge in [-0.3, -0.25) is 14.4 Å². The molecule has 40 heavy (non-hydrogen) atoms. The topological polar surface area (TPSA) is 94.3 Å². The predicted octanol–water partition coefficient (Wildman–Crippen LogP) is 4.28. The van der Waals surface area contributed by atoms with Crippen LogP contribution in [0, 0.1) is 11.7 Å². The SMILES string of the molecule is CC(C)[C@H](NC(=O)[C@@H]1Cc2c([nH]c3ccccc23)C2c3ccccc3C(=O)N21)C(=O)NCCc1cccc(F)c1. The van der Waals surface area contributed by atoms with E-state index in [1.54, 1.807) is 23.1 Å². The molecule has 6 rings (SSSR count). The number of aromatic amines is 1. The lowest BCUT2D eigenvalue weighted by molar-refractivity contribution is -0.132. The predicted molar refractivity (Wildman–Crippen MR) is 150 cm³/mol. The third-order valence-corrected chi connectivity index (χ3v) is 8.00. The maximum Gasteiger partial charge on any atom is 0.255 e. The minimum Gasteiger partial charge on any atom is -0.356 e. The van der Waals surface area contributed by atoms with Crippen LogP contribution in [0.3, 0.4) is 0 Å². The Balaban J connectivity index is 1.26. The summed E-state index contributed by atoms with van der Waals surface area (Å²) in [5.74, 6) is -1.37. The van der Waals surface area contributed by atoms with Crippen LogP contribution >= 0.6 is 0 Å². The first-order valence-corrected chi connectivity index (χ1v) is 13.7. The van der Waals surface area contributed by atoms with Crippen LogP contribution in [0.15, 0.2) is 72.8 Å². The molecule has 2 aliphatic heterocycles. The minimum absolute atomic E-state index is 0.187. The van der Waals surface area contributed by atoms with Crippen molar-refractivity contribution < 1.29 is 18.8 Å². The molecule has 2 aliphatic rings. The summed E-state index contributed by atoms with van der Waals surface area (Å²) in [5, 5.41) is 6.87. The molecular weight excluding hydrogens is 507 g/mol. The van der Waals surface area contributed by atoms with Crippen LogP contribution in [-0.4, -0.2) is 46.2 Å². The second-order valence-electron chi connectivity index (χ2n) is 10.9. The van der Waals surface area contributed by atoms with Gasteiger partial charge in [0, 0.05) is 35.1 Å². The summed E-state index contributed by atoms with van der Waals surface area (Å²) in [6.45, 7) is 4.05. The molecule has 1 aromatic heterocycles. The smallest absolute Gasteiger partial charge is 0.255 e. The van der Waals surface area contributed by atoms with E-state index in [0.717, 1.165) is 33.3 Å².